The molecule has 0 saturated carbocycles. The van der Waals surface area contributed by atoms with Gasteiger partial charge in [-0.05, 0) is 48.2 Å². The first-order chi connectivity index (χ1) is 13.2. The van der Waals surface area contributed by atoms with Crippen molar-refractivity contribution in [2.24, 2.45) is 0 Å². The number of fused-ring (bicyclic) bond motifs is 2. The van der Waals surface area contributed by atoms with Crippen molar-refractivity contribution in [2.45, 2.75) is 39.4 Å². The number of nitrogens with zero attached hydrogens (tertiary/aromatic N) is 2. The van der Waals surface area contributed by atoms with Gasteiger partial charge in [-0.1, -0.05) is 49.4 Å². The molecular formula is C23H25N3O. The Bertz CT molecular complexity index is 982. The van der Waals surface area contributed by atoms with Crippen LogP contribution in [0.2, 0.25) is 0 Å². The molecule has 1 aromatic heterocycles. The normalized spacial score (nSPS) is 16.9. The maximum absolute atomic E-state index is 13.0. The van der Waals surface area contributed by atoms with Crippen LogP contribution in [-0.2, 0) is 24.3 Å². The van der Waals surface area contributed by atoms with Crippen LogP contribution in [0, 0.1) is 6.92 Å². The topological polar surface area (TPSA) is 45.2 Å². The molecule has 1 amide bonds. The molecule has 0 spiro atoms. The fourth-order valence-corrected chi connectivity index (χ4v) is 4.00. The predicted molar refractivity (Wildman–Crippen MR) is 108 cm³/mol. The van der Waals surface area contributed by atoms with Crippen LogP contribution in [0.5, 0.6) is 0 Å². The molecule has 4 heteroatoms. The molecule has 0 radical (unpaired) electrons. The van der Waals surface area contributed by atoms with E-state index in [0.29, 0.717) is 6.54 Å². The molecule has 1 atom stereocenters. The van der Waals surface area contributed by atoms with Gasteiger partial charge in [-0.15, -0.1) is 0 Å². The number of nitrogens with one attached hydrogen (secondary N) is 1. The van der Waals surface area contributed by atoms with E-state index in [2.05, 4.69) is 71.5 Å². The Morgan fingerprint density at radius 3 is 2.78 bits per heavy atom. The highest BCUT2D eigenvalue weighted by atomic mass is 16.2. The molecule has 0 fully saturated rings. The largest absolute Gasteiger partial charge is 0.351 e. The minimum atomic E-state index is -0.111. The molecule has 1 N–H and O–H groups in total. The van der Waals surface area contributed by atoms with E-state index in [-0.39, 0.29) is 11.9 Å². The van der Waals surface area contributed by atoms with E-state index in [1.807, 2.05) is 12.3 Å². The third-order valence-electron chi connectivity index (χ3n) is 5.57. The number of aromatic nitrogens is 1. The monoisotopic (exact) mass is 359 g/mol. The van der Waals surface area contributed by atoms with Gasteiger partial charge in [0, 0.05) is 24.7 Å². The second-order valence-corrected chi connectivity index (χ2v) is 7.21. The first-order valence-corrected chi connectivity index (χ1v) is 9.59. The highest BCUT2D eigenvalue weighted by Crippen LogP contribution is 2.24. The van der Waals surface area contributed by atoms with Crippen LogP contribution in [0.15, 0.2) is 54.7 Å². The molecule has 4 rings (SSSR count). The van der Waals surface area contributed by atoms with Gasteiger partial charge in [0.25, 0.3) is 0 Å². The Balaban J connectivity index is 1.52. The van der Waals surface area contributed by atoms with Gasteiger partial charge in [-0.2, -0.15) is 0 Å². The molecule has 0 unspecified atom stereocenters. The second kappa shape index (κ2) is 7.49. The number of carbonyl (C=O) groups is 1. The fourth-order valence-electron chi connectivity index (χ4n) is 4.00. The fraction of sp³-hybridized carbons (Fsp3) is 0.304. The number of amides is 1. The summed E-state index contributed by atoms with van der Waals surface area (Å²) in [6.07, 6.45) is 2.59. The number of rotatable bonds is 4. The molecule has 1 aliphatic rings. The number of carbonyl (C=O) groups excluding carboxylic acids is 1. The van der Waals surface area contributed by atoms with Crippen molar-refractivity contribution in [3.63, 3.8) is 0 Å². The zero-order valence-corrected chi connectivity index (χ0v) is 15.9. The van der Waals surface area contributed by atoms with Gasteiger partial charge in [0.05, 0.1) is 11.6 Å². The number of hydrogen-bond acceptors (Lipinski definition) is 3. The van der Waals surface area contributed by atoms with E-state index < -0.39 is 0 Å². The summed E-state index contributed by atoms with van der Waals surface area (Å²) in [6.45, 7) is 6.41. The predicted octanol–water partition coefficient (Wildman–Crippen LogP) is 3.61. The maximum Gasteiger partial charge on any atom is 0.237 e. The third-order valence-corrected chi connectivity index (χ3v) is 5.57. The Hall–Kier alpha value is -2.72. The van der Waals surface area contributed by atoms with Crippen molar-refractivity contribution >= 4 is 16.8 Å². The van der Waals surface area contributed by atoms with Gasteiger partial charge >= 0.3 is 0 Å². The molecule has 27 heavy (non-hydrogen) atoms. The second-order valence-electron chi connectivity index (χ2n) is 7.21. The zero-order valence-electron chi connectivity index (χ0n) is 15.9. The number of benzene rings is 2. The molecule has 2 aromatic carbocycles. The first-order valence-electron chi connectivity index (χ1n) is 9.59. The quantitative estimate of drug-likeness (QED) is 0.774. The van der Waals surface area contributed by atoms with Crippen molar-refractivity contribution in [3.05, 3.63) is 77.0 Å². The molecule has 2 heterocycles. The lowest BCUT2D eigenvalue weighted by molar-refractivity contribution is -0.127. The van der Waals surface area contributed by atoms with Gasteiger partial charge < -0.3 is 5.32 Å². The smallest absolute Gasteiger partial charge is 0.237 e. The molecule has 1 aliphatic heterocycles. The van der Waals surface area contributed by atoms with E-state index in [1.54, 1.807) is 0 Å². The Labute approximate surface area is 160 Å². The van der Waals surface area contributed by atoms with Gasteiger partial charge in [-0.3, -0.25) is 14.7 Å². The van der Waals surface area contributed by atoms with Gasteiger partial charge in [0.1, 0.15) is 0 Å². The van der Waals surface area contributed by atoms with Crippen LogP contribution in [-0.4, -0.2) is 28.4 Å². The zero-order chi connectivity index (χ0) is 18.8. The average Bonchev–Trinajstić information content (AvgIpc) is 2.72. The first kappa shape index (κ1) is 17.7. The van der Waals surface area contributed by atoms with Crippen LogP contribution in [0.4, 0.5) is 0 Å². The highest BCUT2D eigenvalue weighted by molar-refractivity contribution is 5.86. The van der Waals surface area contributed by atoms with Crippen molar-refractivity contribution in [1.82, 2.24) is 15.2 Å². The lowest BCUT2D eigenvalue weighted by Gasteiger charge is -2.35. The van der Waals surface area contributed by atoms with Crippen LogP contribution in [0.1, 0.15) is 29.2 Å². The number of hydrogen-bond donors (Lipinski definition) is 1. The Morgan fingerprint density at radius 1 is 1.15 bits per heavy atom. The number of pyridine rings is 1. The van der Waals surface area contributed by atoms with Gasteiger partial charge in [-0.25, -0.2) is 0 Å². The summed E-state index contributed by atoms with van der Waals surface area (Å²) >= 11 is 0. The summed E-state index contributed by atoms with van der Waals surface area (Å²) in [6, 6.07) is 16.5. The van der Waals surface area contributed by atoms with Crippen molar-refractivity contribution < 1.29 is 4.79 Å². The molecule has 0 aliphatic carbocycles. The third kappa shape index (κ3) is 3.45. The summed E-state index contributed by atoms with van der Waals surface area (Å²) in [5, 5.41) is 4.28. The molecule has 0 bridgehead atoms. The average molecular weight is 359 g/mol. The van der Waals surface area contributed by atoms with E-state index in [9.17, 15) is 4.79 Å². The van der Waals surface area contributed by atoms with Crippen molar-refractivity contribution in [1.29, 1.82) is 0 Å². The minimum Gasteiger partial charge on any atom is -0.351 e. The standard InChI is InChI=1S/C23H25N3O/c1-3-26-15-19-8-5-4-7-17(19)13-21(26)23(27)25-14-18-11-10-16(2)22-20(18)9-6-12-24-22/h4-12,21H,3,13-15H2,1-2H3,(H,25,27)/t21-/m0/s1. The summed E-state index contributed by atoms with van der Waals surface area (Å²) in [5.74, 6) is 0.101. The number of likely N-dealkylation sites (N-methyl/N-ethyl adjacent to an activating group) is 1. The lowest BCUT2D eigenvalue weighted by atomic mass is 9.93. The Morgan fingerprint density at radius 2 is 1.96 bits per heavy atom. The van der Waals surface area contributed by atoms with E-state index in [4.69, 9.17) is 0 Å². The molecule has 0 saturated heterocycles. The minimum absolute atomic E-state index is 0.101. The van der Waals surface area contributed by atoms with E-state index in [1.165, 1.54) is 11.1 Å². The highest BCUT2D eigenvalue weighted by Gasteiger charge is 2.30. The van der Waals surface area contributed by atoms with Crippen LogP contribution in [0.25, 0.3) is 10.9 Å². The Kier molecular flexibility index (Phi) is 4.90. The summed E-state index contributed by atoms with van der Waals surface area (Å²) in [7, 11) is 0. The summed E-state index contributed by atoms with van der Waals surface area (Å²) in [5.41, 5.74) is 5.88. The molecule has 3 aromatic rings. The van der Waals surface area contributed by atoms with Crippen LogP contribution >= 0.6 is 0 Å². The van der Waals surface area contributed by atoms with Crippen LogP contribution in [0.3, 0.4) is 0 Å². The summed E-state index contributed by atoms with van der Waals surface area (Å²) in [4.78, 5) is 19.7. The summed E-state index contributed by atoms with van der Waals surface area (Å²) < 4.78 is 0. The van der Waals surface area contributed by atoms with Crippen molar-refractivity contribution in [2.75, 3.05) is 6.54 Å². The van der Waals surface area contributed by atoms with Gasteiger partial charge in [0.2, 0.25) is 5.91 Å². The van der Waals surface area contributed by atoms with Crippen molar-refractivity contribution in [3.8, 4) is 0 Å². The van der Waals surface area contributed by atoms with Crippen LogP contribution < -0.4 is 5.32 Å². The molecular weight excluding hydrogens is 334 g/mol. The maximum atomic E-state index is 13.0. The molecule has 4 nitrogen and oxygen atoms in total. The van der Waals surface area contributed by atoms with E-state index in [0.717, 1.165) is 41.5 Å². The SMILES string of the molecule is CCN1Cc2ccccc2C[C@H]1C(=O)NCc1ccc(C)c2ncccc12. The van der Waals surface area contributed by atoms with E-state index >= 15 is 0 Å². The van der Waals surface area contributed by atoms with Gasteiger partial charge in [0.15, 0.2) is 0 Å². The molecule has 138 valence electrons. The lowest BCUT2D eigenvalue weighted by Crippen LogP contribution is -2.49. The number of aryl methyl sites for hydroxylation is 1.